The van der Waals surface area contributed by atoms with Crippen molar-refractivity contribution >= 4 is 23.1 Å². The highest BCUT2D eigenvalue weighted by Gasteiger charge is 2.33. The van der Waals surface area contributed by atoms with Crippen molar-refractivity contribution in [2.75, 3.05) is 10.6 Å². The van der Waals surface area contributed by atoms with Crippen LogP contribution in [0.15, 0.2) is 66.9 Å². The molecule has 0 radical (unpaired) electrons. The second-order valence-corrected chi connectivity index (χ2v) is 6.31. The molecule has 4 nitrogen and oxygen atoms in total. The maximum atomic E-state index is 13.1. The molecule has 1 heterocycles. The molecule has 1 aromatic heterocycles. The molecule has 28 heavy (non-hydrogen) atoms. The van der Waals surface area contributed by atoms with Crippen molar-refractivity contribution < 1.29 is 18.0 Å². The number of hydrogen-bond acceptors (Lipinski definition) is 3. The van der Waals surface area contributed by atoms with E-state index in [-0.39, 0.29) is 23.8 Å². The maximum absolute atomic E-state index is 13.1. The Balaban J connectivity index is 1.64. The van der Waals surface area contributed by atoms with Gasteiger partial charge in [0.2, 0.25) is 5.91 Å². The van der Waals surface area contributed by atoms with Crippen molar-refractivity contribution in [1.29, 1.82) is 0 Å². The molecule has 0 aliphatic carbocycles. The minimum Gasteiger partial charge on any atom is -0.340 e. The van der Waals surface area contributed by atoms with E-state index in [2.05, 4.69) is 15.6 Å². The molecule has 0 saturated heterocycles. The number of nitrogens with one attached hydrogen (secondary N) is 2. The van der Waals surface area contributed by atoms with Gasteiger partial charge >= 0.3 is 6.18 Å². The maximum Gasteiger partial charge on any atom is 0.418 e. The minimum absolute atomic E-state index is 0.0846. The van der Waals surface area contributed by atoms with E-state index in [4.69, 9.17) is 0 Å². The summed E-state index contributed by atoms with van der Waals surface area (Å²) in [6, 6.07) is 15.9. The Morgan fingerprint density at radius 2 is 1.71 bits per heavy atom. The monoisotopic (exact) mass is 385 g/mol. The molecule has 0 aliphatic heterocycles. The number of aromatic nitrogens is 1. The summed E-state index contributed by atoms with van der Waals surface area (Å²) in [5.41, 5.74) is 1.61. The van der Waals surface area contributed by atoms with Gasteiger partial charge in [0, 0.05) is 0 Å². The van der Waals surface area contributed by atoms with Gasteiger partial charge in [-0.25, -0.2) is 4.98 Å². The number of carbonyl (C=O) groups is 1. The first kappa shape index (κ1) is 19.4. The van der Waals surface area contributed by atoms with Crippen LogP contribution in [0, 0.1) is 6.92 Å². The zero-order valence-electron chi connectivity index (χ0n) is 15.0. The van der Waals surface area contributed by atoms with Crippen LogP contribution in [-0.4, -0.2) is 10.9 Å². The number of pyridine rings is 1. The van der Waals surface area contributed by atoms with E-state index in [9.17, 15) is 18.0 Å². The van der Waals surface area contributed by atoms with Gasteiger partial charge in [-0.05, 0) is 36.8 Å². The summed E-state index contributed by atoms with van der Waals surface area (Å²) in [5.74, 6) is 0.0435. The van der Waals surface area contributed by atoms with Gasteiger partial charge in [-0.15, -0.1) is 0 Å². The van der Waals surface area contributed by atoms with Gasteiger partial charge in [0.15, 0.2) is 0 Å². The van der Waals surface area contributed by atoms with E-state index >= 15 is 0 Å². The Bertz CT molecular complexity index is 952. The highest BCUT2D eigenvalue weighted by Crippen LogP contribution is 2.35. The fraction of sp³-hybridized carbons (Fsp3) is 0.143. The molecule has 2 aromatic carbocycles. The second-order valence-electron chi connectivity index (χ2n) is 6.31. The minimum atomic E-state index is -4.46. The largest absolute Gasteiger partial charge is 0.418 e. The molecule has 3 aromatic rings. The smallest absolute Gasteiger partial charge is 0.340 e. The number of rotatable bonds is 5. The summed E-state index contributed by atoms with van der Waals surface area (Å²) in [7, 11) is 0. The Morgan fingerprint density at radius 1 is 1.00 bits per heavy atom. The fourth-order valence-corrected chi connectivity index (χ4v) is 2.62. The van der Waals surface area contributed by atoms with Gasteiger partial charge in [-0.3, -0.25) is 4.79 Å². The molecule has 3 rings (SSSR count). The Labute approximate surface area is 160 Å². The first-order valence-electron chi connectivity index (χ1n) is 8.56. The number of halogens is 3. The molecular formula is C21H18F3N3O. The molecule has 7 heteroatoms. The average Bonchev–Trinajstić information content (AvgIpc) is 2.65. The third-order valence-electron chi connectivity index (χ3n) is 4.03. The van der Waals surface area contributed by atoms with E-state index in [1.807, 2.05) is 31.2 Å². The van der Waals surface area contributed by atoms with Crippen molar-refractivity contribution in [3.8, 4) is 0 Å². The highest BCUT2D eigenvalue weighted by molar-refractivity contribution is 5.92. The number of hydrogen-bond donors (Lipinski definition) is 2. The molecule has 0 atom stereocenters. The first-order valence-corrected chi connectivity index (χ1v) is 8.56. The quantitative estimate of drug-likeness (QED) is 0.624. The number of amides is 1. The predicted molar refractivity (Wildman–Crippen MR) is 102 cm³/mol. The van der Waals surface area contributed by atoms with Gasteiger partial charge < -0.3 is 10.6 Å². The summed E-state index contributed by atoms with van der Waals surface area (Å²) in [5, 5.41) is 5.38. The molecule has 0 spiro atoms. The van der Waals surface area contributed by atoms with Gasteiger partial charge in [-0.1, -0.05) is 42.0 Å². The lowest BCUT2D eigenvalue weighted by atomic mass is 10.1. The molecule has 0 unspecified atom stereocenters. The van der Waals surface area contributed by atoms with Crippen LogP contribution in [0.2, 0.25) is 0 Å². The first-order chi connectivity index (χ1) is 13.3. The summed E-state index contributed by atoms with van der Waals surface area (Å²) < 4.78 is 39.2. The lowest BCUT2D eigenvalue weighted by Gasteiger charge is -2.14. The van der Waals surface area contributed by atoms with Crippen LogP contribution in [0.5, 0.6) is 0 Å². The van der Waals surface area contributed by atoms with Crippen LogP contribution in [-0.2, 0) is 17.4 Å². The van der Waals surface area contributed by atoms with Crippen LogP contribution in [0.3, 0.4) is 0 Å². The van der Waals surface area contributed by atoms with Crippen molar-refractivity contribution in [1.82, 2.24) is 4.98 Å². The Morgan fingerprint density at radius 3 is 2.36 bits per heavy atom. The van der Waals surface area contributed by atoms with Crippen LogP contribution in [0.25, 0.3) is 0 Å². The lowest BCUT2D eigenvalue weighted by Crippen LogP contribution is -2.14. The number of aryl methyl sites for hydroxylation is 1. The molecule has 144 valence electrons. The zero-order chi connectivity index (χ0) is 20.1. The summed E-state index contributed by atoms with van der Waals surface area (Å²) in [6.07, 6.45) is -2.85. The van der Waals surface area contributed by atoms with Gasteiger partial charge in [0.05, 0.1) is 29.6 Å². The Kier molecular flexibility index (Phi) is 5.63. The molecule has 2 N–H and O–H groups in total. The SMILES string of the molecule is Cc1ccc(CC(=O)Nc2ccc(Nc3ccccc3C(F)(F)F)nc2)cc1. The second kappa shape index (κ2) is 8.12. The molecule has 0 aliphatic rings. The normalized spacial score (nSPS) is 11.1. The van der Waals surface area contributed by atoms with E-state index in [0.29, 0.717) is 5.69 Å². The molecule has 0 bridgehead atoms. The van der Waals surface area contributed by atoms with Crippen molar-refractivity contribution in [3.63, 3.8) is 0 Å². The van der Waals surface area contributed by atoms with Crippen LogP contribution >= 0.6 is 0 Å². The van der Waals surface area contributed by atoms with Crippen LogP contribution in [0.1, 0.15) is 16.7 Å². The molecule has 1 amide bonds. The lowest BCUT2D eigenvalue weighted by molar-refractivity contribution is -0.136. The fourth-order valence-electron chi connectivity index (χ4n) is 2.62. The number of nitrogens with zero attached hydrogens (tertiary/aromatic N) is 1. The molecule has 0 saturated carbocycles. The van der Waals surface area contributed by atoms with Crippen LogP contribution in [0.4, 0.5) is 30.4 Å². The third-order valence-corrected chi connectivity index (χ3v) is 4.03. The number of benzene rings is 2. The molecular weight excluding hydrogens is 367 g/mol. The Hall–Kier alpha value is -3.35. The summed E-state index contributed by atoms with van der Waals surface area (Å²) in [6.45, 7) is 1.97. The predicted octanol–water partition coefficient (Wildman–Crippen LogP) is 5.33. The average molecular weight is 385 g/mol. The zero-order valence-corrected chi connectivity index (χ0v) is 15.0. The van der Waals surface area contributed by atoms with Gasteiger partial charge in [0.1, 0.15) is 5.82 Å². The van der Waals surface area contributed by atoms with Crippen molar-refractivity contribution in [3.05, 3.63) is 83.6 Å². The van der Waals surface area contributed by atoms with E-state index in [1.54, 1.807) is 6.07 Å². The topological polar surface area (TPSA) is 54.0 Å². The molecule has 0 fully saturated rings. The van der Waals surface area contributed by atoms with Gasteiger partial charge in [0.25, 0.3) is 0 Å². The number of anilines is 3. The van der Waals surface area contributed by atoms with Crippen molar-refractivity contribution in [2.45, 2.75) is 19.5 Å². The standard InChI is InChI=1S/C21H18F3N3O/c1-14-6-8-15(9-7-14)12-20(28)26-16-10-11-19(25-13-16)27-18-5-3-2-4-17(18)21(22,23)24/h2-11,13H,12H2,1H3,(H,25,27)(H,26,28). The number of alkyl halides is 3. The third kappa shape index (κ3) is 5.09. The van der Waals surface area contributed by atoms with Crippen LogP contribution < -0.4 is 10.6 Å². The van der Waals surface area contributed by atoms with Gasteiger partial charge in [-0.2, -0.15) is 13.2 Å². The summed E-state index contributed by atoms with van der Waals surface area (Å²) >= 11 is 0. The highest BCUT2D eigenvalue weighted by atomic mass is 19.4. The van der Waals surface area contributed by atoms with E-state index < -0.39 is 11.7 Å². The van der Waals surface area contributed by atoms with Crippen molar-refractivity contribution in [2.24, 2.45) is 0 Å². The number of carbonyl (C=O) groups excluding carboxylic acids is 1. The van der Waals surface area contributed by atoms with E-state index in [0.717, 1.165) is 17.2 Å². The van der Waals surface area contributed by atoms with E-state index in [1.165, 1.54) is 30.5 Å². The summed E-state index contributed by atoms with van der Waals surface area (Å²) in [4.78, 5) is 16.2. The number of para-hydroxylation sites is 1.